The number of sulfonamides is 1. The third kappa shape index (κ3) is 2.32. The Morgan fingerprint density at radius 1 is 1.24 bits per heavy atom. The first kappa shape index (κ1) is 12.1. The van der Waals surface area contributed by atoms with Crippen LogP contribution in [0.2, 0.25) is 0 Å². The van der Waals surface area contributed by atoms with E-state index in [-0.39, 0.29) is 0 Å². The Balaban J connectivity index is 2.16. The van der Waals surface area contributed by atoms with Crippen molar-refractivity contribution in [3.05, 3.63) is 29.8 Å². The summed E-state index contributed by atoms with van der Waals surface area (Å²) in [7, 11) is -1.92. The van der Waals surface area contributed by atoms with Gasteiger partial charge in [0.1, 0.15) is 7.11 Å². The van der Waals surface area contributed by atoms with E-state index in [1.54, 1.807) is 24.3 Å². The number of hydrogen-bond donors (Lipinski definition) is 0. The van der Waals surface area contributed by atoms with E-state index in [0.717, 1.165) is 11.3 Å². The van der Waals surface area contributed by atoms with E-state index in [1.165, 1.54) is 11.4 Å². The average molecular weight is 254 g/mol. The molecule has 1 aliphatic rings. The third-order valence-electron chi connectivity index (χ3n) is 2.60. The van der Waals surface area contributed by atoms with Crippen LogP contribution in [0.25, 0.3) is 0 Å². The van der Waals surface area contributed by atoms with Gasteiger partial charge in [0.15, 0.2) is 0 Å². The zero-order valence-electron chi connectivity index (χ0n) is 9.75. The highest BCUT2D eigenvalue weighted by molar-refractivity contribution is 7.89. The summed E-state index contributed by atoms with van der Waals surface area (Å²) in [6, 6.07) is 6.82. The van der Waals surface area contributed by atoms with Crippen molar-refractivity contribution < 1.29 is 13.3 Å². The maximum Gasteiger partial charge on any atom is 0.243 e. The zero-order chi connectivity index (χ0) is 12.5. The van der Waals surface area contributed by atoms with Crippen LogP contribution < -0.4 is 0 Å². The summed E-state index contributed by atoms with van der Waals surface area (Å²) in [6.07, 6.45) is 0. The Morgan fingerprint density at radius 3 is 2.35 bits per heavy atom. The van der Waals surface area contributed by atoms with Gasteiger partial charge in [0.25, 0.3) is 0 Å². The van der Waals surface area contributed by atoms with Gasteiger partial charge in [-0.15, -0.1) is 0 Å². The van der Waals surface area contributed by atoms with E-state index in [9.17, 15) is 8.42 Å². The fourth-order valence-corrected chi connectivity index (χ4v) is 2.99. The van der Waals surface area contributed by atoms with E-state index in [1.807, 2.05) is 6.92 Å². The molecular weight excluding hydrogens is 240 g/mol. The summed E-state index contributed by atoms with van der Waals surface area (Å²) in [5.41, 5.74) is 1.78. The van der Waals surface area contributed by atoms with Gasteiger partial charge in [-0.2, -0.15) is 4.31 Å². The second-order valence-electron chi connectivity index (χ2n) is 3.93. The van der Waals surface area contributed by atoms with Crippen LogP contribution in [0.3, 0.4) is 0 Å². The van der Waals surface area contributed by atoms with Gasteiger partial charge in [-0.05, 0) is 19.1 Å². The normalized spacial score (nSPS) is 16.5. The first-order chi connectivity index (χ1) is 8.04. The molecule has 1 saturated heterocycles. The summed E-state index contributed by atoms with van der Waals surface area (Å²) in [6.45, 7) is 2.54. The van der Waals surface area contributed by atoms with Crippen LogP contribution >= 0.6 is 0 Å². The lowest BCUT2D eigenvalue weighted by Gasteiger charge is -2.30. The van der Waals surface area contributed by atoms with E-state index >= 15 is 0 Å². The lowest BCUT2D eigenvalue weighted by atomic mass is 10.2. The quantitative estimate of drug-likeness (QED) is 0.756. The molecule has 1 aromatic carbocycles. The number of benzene rings is 1. The maximum atomic E-state index is 12.1. The van der Waals surface area contributed by atoms with Crippen LogP contribution in [-0.4, -0.2) is 38.6 Å². The predicted molar refractivity (Wildman–Crippen MR) is 64.4 cm³/mol. The molecule has 6 heteroatoms. The SMILES string of the molecule is CON=C1CN(S(=O)(=O)c2ccc(C)cc2)C1. The van der Waals surface area contributed by atoms with Crippen LogP contribution in [0, 0.1) is 6.92 Å². The van der Waals surface area contributed by atoms with Gasteiger partial charge in [-0.3, -0.25) is 0 Å². The molecule has 17 heavy (non-hydrogen) atoms. The van der Waals surface area contributed by atoms with Gasteiger partial charge in [-0.25, -0.2) is 8.42 Å². The van der Waals surface area contributed by atoms with Crippen LogP contribution in [0.4, 0.5) is 0 Å². The van der Waals surface area contributed by atoms with Gasteiger partial charge >= 0.3 is 0 Å². The lowest BCUT2D eigenvalue weighted by molar-refractivity contribution is 0.207. The molecule has 2 rings (SSSR count). The third-order valence-corrected chi connectivity index (χ3v) is 4.40. The summed E-state index contributed by atoms with van der Waals surface area (Å²) >= 11 is 0. The average Bonchev–Trinajstić information content (AvgIpc) is 2.23. The van der Waals surface area contributed by atoms with Crippen molar-refractivity contribution in [2.45, 2.75) is 11.8 Å². The zero-order valence-corrected chi connectivity index (χ0v) is 10.6. The molecule has 0 radical (unpaired) electrons. The highest BCUT2D eigenvalue weighted by atomic mass is 32.2. The summed E-state index contributed by atoms with van der Waals surface area (Å²) in [5, 5.41) is 3.71. The molecule has 1 aliphatic heterocycles. The summed E-state index contributed by atoms with van der Waals surface area (Å²) in [4.78, 5) is 4.91. The molecule has 1 heterocycles. The second kappa shape index (κ2) is 4.46. The van der Waals surface area contributed by atoms with Crippen LogP contribution in [0.5, 0.6) is 0 Å². The molecule has 0 atom stereocenters. The van der Waals surface area contributed by atoms with E-state index < -0.39 is 10.0 Å². The minimum atomic E-state index is -3.37. The van der Waals surface area contributed by atoms with Crippen molar-refractivity contribution in [3.8, 4) is 0 Å². The van der Waals surface area contributed by atoms with Crippen molar-refractivity contribution in [1.82, 2.24) is 4.31 Å². The van der Waals surface area contributed by atoms with E-state index in [2.05, 4.69) is 9.99 Å². The number of aryl methyl sites for hydroxylation is 1. The molecule has 92 valence electrons. The molecule has 0 saturated carbocycles. The van der Waals surface area contributed by atoms with Crippen LogP contribution in [0.15, 0.2) is 34.3 Å². The van der Waals surface area contributed by atoms with Crippen molar-refractivity contribution in [1.29, 1.82) is 0 Å². The van der Waals surface area contributed by atoms with Gasteiger partial charge < -0.3 is 4.84 Å². The maximum absolute atomic E-state index is 12.1. The Morgan fingerprint density at radius 2 is 1.82 bits per heavy atom. The van der Waals surface area contributed by atoms with Gasteiger partial charge in [0.2, 0.25) is 10.0 Å². The van der Waals surface area contributed by atoms with Gasteiger partial charge in [-0.1, -0.05) is 22.9 Å². The minimum absolute atomic E-state index is 0.310. The first-order valence-electron chi connectivity index (χ1n) is 5.20. The smallest absolute Gasteiger partial charge is 0.243 e. The molecular formula is C11H14N2O3S. The van der Waals surface area contributed by atoms with Crippen LogP contribution in [-0.2, 0) is 14.9 Å². The Hall–Kier alpha value is -1.40. The fraction of sp³-hybridized carbons (Fsp3) is 0.364. The molecule has 1 fully saturated rings. The highest BCUT2D eigenvalue weighted by Crippen LogP contribution is 2.20. The first-order valence-corrected chi connectivity index (χ1v) is 6.64. The monoisotopic (exact) mass is 254 g/mol. The van der Waals surface area contributed by atoms with Crippen molar-refractivity contribution in [2.75, 3.05) is 20.2 Å². The Bertz CT molecular complexity index is 526. The number of nitrogens with zero attached hydrogens (tertiary/aromatic N) is 2. The molecule has 0 spiro atoms. The number of hydrogen-bond acceptors (Lipinski definition) is 4. The molecule has 0 unspecified atom stereocenters. The number of rotatable bonds is 3. The largest absolute Gasteiger partial charge is 0.399 e. The van der Waals surface area contributed by atoms with Gasteiger partial charge in [0.05, 0.1) is 23.7 Å². The minimum Gasteiger partial charge on any atom is -0.399 e. The van der Waals surface area contributed by atoms with E-state index in [4.69, 9.17) is 0 Å². The predicted octanol–water partition coefficient (Wildman–Crippen LogP) is 1.00. The molecule has 5 nitrogen and oxygen atoms in total. The molecule has 0 aliphatic carbocycles. The lowest BCUT2D eigenvalue weighted by Crippen LogP contribution is -2.50. The van der Waals surface area contributed by atoms with Crippen molar-refractivity contribution in [2.24, 2.45) is 5.16 Å². The Labute approximate surface area is 101 Å². The second-order valence-corrected chi connectivity index (χ2v) is 5.86. The molecule has 1 aromatic rings. The fourth-order valence-electron chi connectivity index (χ4n) is 1.58. The molecule has 0 aromatic heterocycles. The highest BCUT2D eigenvalue weighted by Gasteiger charge is 2.34. The topological polar surface area (TPSA) is 59.0 Å². The van der Waals surface area contributed by atoms with E-state index in [0.29, 0.717) is 18.0 Å². The number of oxime groups is 1. The van der Waals surface area contributed by atoms with Crippen LogP contribution in [0.1, 0.15) is 5.56 Å². The summed E-state index contributed by atoms with van der Waals surface area (Å²) < 4.78 is 25.6. The van der Waals surface area contributed by atoms with Crippen molar-refractivity contribution in [3.63, 3.8) is 0 Å². The van der Waals surface area contributed by atoms with Gasteiger partial charge in [0, 0.05) is 0 Å². The molecule has 0 amide bonds. The Kier molecular flexibility index (Phi) is 3.17. The molecule has 0 N–H and O–H groups in total. The van der Waals surface area contributed by atoms with Crippen molar-refractivity contribution >= 4 is 15.7 Å². The summed E-state index contributed by atoms with van der Waals surface area (Å²) in [5.74, 6) is 0. The standard InChI is InChI=1S/C11H14N2O3S/c1-9-3-5-11(6-4-9)17(14,15)13-7-10(8-13)12-16-2/h3-6H,7-8H2,1-2H3. The molecule has 0 bridgehead atoms.